The summed E-state index contributed by atoms with van der Waals surface area (Å²) >= 11 is 0. The second kappa shape index (κ2) is 8.59. The summed E-state index contributed by atoms with van der Waals surface area (Å²) in [7, 11) is 1.59. The number of ether oxygens (including phenoxy) is 3. The molecule has 0 saturated carbocycles. The first-order chi connectivity index (χ1) is 14.6. The van der Waals surface area contributed by atoms with Gasteiger partial charge in [-0.05, 0) is 30.2 Å². The van der Waals surface area contributed by atoms with Crippen molar-refractivity contribution >= 4 is 17.4 Å². The van der Waals surface area contributed by atoms with Crippen molar-refractivity contribution < 1.29 is 28.9 Å². The number of hydrogen-bond donors (Lipinski definition) is 1. The van der Waals surface area contributed by atoms with Crippen molar-refractivity contribution in [1.29, 1.82) is 0 Å². The minimum atomic E-state index is -0.700. The Balaban J connectivity index is 1.79. The van der Waals surface area contributed by atoms with Crippen LogP contribution in [0.3, 0.4) is 0 Å². The smallest absolute Gasteiger partial charge is 0.295 e. The van der Waals surface area contributed by atoms with Gasteiger partial charge in [-0.25, -0.2) is 0 Å². The molecule has 1 N–H and O–H groups in total. The lowest BCUT2D eigenvalue weighted by Crippen LogP contribution is -2.31. The van der Waals surface area contributed by atoms with Crippen LogP contribution in [-0.4, -0.2) is 55.2 Å². The Morgan fingerprint density at radius 2 is 1.83 bits per heavy atom. The molecule has 30 heavy (non-hydrogen) atoms. The van der Waals surface area contributed by atoms with Gasteiger partial charge >= 0.3 is 0 Å². The molecule has 1 fully saturated rings. The SMILES string of the molecule is COCCCN1C(=O)C(=O)C(=C(O)c2ccc3c(c2)OCCO3)[C@@H]1c1ccccc1. The first-order valence-corrected chi connectivity index (χ1v) is 9.84. The molecule has 2 heterocycles. The number of benzene rings is 2. The van der Waals surface area contributed by atoms with Crippen LogP contribution in [0.4, 0.5) is 0 Å². The average molecular weight is 409 g/mol. The maximum Gasteiger partial charge on any atom is 0.295 e. The Bertz CT molecular complexity index is 984. The molecule has 2 aliphatic heterocycles. The molecule has 4 rings (SSSR count). The summed E-state index contributed by atoms with van der Waals surface area (Å²) < 4.78 is 16.2. The quantitative estimate of drug-likeness (QED) is 0.342. The molecular weight excluding hydrogens is 386 g/mol. The van der Waals surface area contributed by atoms with Crippen LogP contribution in [-0.2, 0) is 14.3 Å². The van der Waals surface area contributed by atoms with Gasteiger partial charge in [0.25, 0.3) is 11.7 Å². The Labute approximate surface area is 174 Å². The number of carbonyl (C=O) groups is 2. The van der Waals surface area contributed by atoms with Crippen LogP contribution < -0.4 is 9.47 Å². The van der Waals surface area contributed by atoms with E-state index in [9.17, 15) is 14.7 Å². The van der Waals surface area contributed by atoms with Crippen molar-refractivity contribution in [3.63, 3.8) is 0 Å². The molecule has 1 saturated heterocycles. The zero-order valence-corrected chi connectivity index (χ0v) is 16.7. The molecule has 0 aromatic heterocycles. The minimum absolute atomic E-state index is 0.0697. The number of methoxy groups -OCH3 is 1. The standard InChI is InChI=1S/C23H23NO6/c1-28-11-5-10-24-20(15-6-3-2-4-7-15)19(22(26)23(24)27)21(25)16-8-9-17-18(14-16)30-13-12-29-17/h2-4,6-9,14,20,25H,5,10-13H2,1H3/t20-/m0/s1. The van der Waals surface area contributed by atoms with Crippen LogP contribution in [0, 0.1) is 0 Å². The lowest BCUT2D eigenvalue weighted by molar-refractivity contribution is -0.140. The second-order valence-corrected chi connectivity index (χ2v) is 7.11. The number of nitrogens with zero attached hydrogens (tertiary/aromatic N) is 1. The number of aliphatic hydroxyl groups is 1. The molecule has 1 amide bonds. The fourth-order valence-electron chi connectivity index (χ4n) is 3.82. The van der Waals surface area contributed by atoms with E-state index >= 15 is 0 Å². The van der Waals surface area contributed by atoms with E-state index in [4.69, 9.17) is 14.2 Å². The van der Waals surface area contributed by atoms with E-state index in [1.165, 1.54) is 4.90 Å². The van der Waals surface area contributed by atoms with Gasteiger partial charge < -0.3 is 24.2 Å². The van der Waals surface area contributed by atoms with E-state index in [-0.39, 0.29) is 11.3 Å². The van der Waals surface area contributed by atoms with Gasteiger partial charge in [-0.2, -0.15) is 0 Å². The fraction of sp³-hybridized carbons (Fsp3) is 0.304. The normalized spacial score (nSPS) is 19.9. The molecule has 0 aliphatic carbocycles. The van der Waals surface area contributed by atoms with Gasteiger partial charge in [0, 0.05) is 25.8 Å². The number of ketones is 1. The summed E-state index contributed by atoms with van der Waals surface area (Å²) in [5.74, 6) is -0.477. The third-order valence-corrected chi connectivity index (χ3v) is 5.22. The summed E-state index contributed by atoms with van der Waals surface area (Å²) in [6, 6.07) is 13.5. The number of rotatable bonds is 6. The highest BCUT2D eigenvalue weighted by atomic mass is 16.6. The Morgan fingerprint density at radius 3 is 2.57 bits per heavy atom. The van der Waals surface area contributed by atoms with E-state index in [1.807, 2.05) is 30.3 Å². The van der Waals surface area contributed by atoms with Crippen LogP contribution in [0.5, 0.6) is 11.5 Å². The lowest BCUT2D eigenvalue weighted by Gasteiger charge is -2.25. The highest BCUT2D eigenvalue weighted by Crippen LogP contribution is 2.41. The fourth-order valence-corrected chi connectivity index (χ4v) is 3.82. The molecule has 7 heteroatoms. The zero-order valence-electron chi connectivity index (χ0n) is 16.7. The first-order valence-electron chi connectivity index (χ1n) is 9.84. The van der Waals surface area contributed by atoms with Gasteiger partial charge in [-0.1, -0.05) is 30.3 Å². The second-order valence-electron chi connectivity index (χ2n) is 7.11. The summed E-state index contributed by atoms with van der Waals surface area (Å²) in [6.45, 7) is 1.67. The highest BCUT2D eigenvalue weighted by Gasteiger charge is 2.45. The monoisotopic (exact) mass is 409 g/mol. The van der Waals surface area contributed by atoms with Gasteiger partial charge in [-0.15, -0.1) is 0 Å². The third-order valence-electron chi connectivity index (χ3n) is 5.22. The summed E-state index contributed by atoms with van der Waals surface area (Å²) in [4.78, 5) is 27.2. The Hall–Kier alpha value is -3.32. The Morgan fingerprint density at radius 1 is 1.10 bits per heavy atom. The molecule has 0 bridgehead atoms. The predicted molar refractivity (Wildman–Crippen MR) is 109 cm³/mol. The molecule has 2 aromatic carbocycles. The van der Waals surface area contributed by atoms with Crippen LogP contribution in [0.1, 0.15) is 23.6 Å². The molecule has 7 nitrogen and oxygen atoms in total. The van der Waals surface area contributed by atoms with Gasteiger partial charge in [-0.3, -0.25) is 9.59 Å². The number of amides is 1. The van der Waals surface area contributed by atoms with E-state index in [1.54, 1.807) is 25.3 Å². The maximum atomic E-state index is 12.9. The van der Waals surface area contributed by atoms with Crippen LogP contribution in [0.2, 0.25) is 0 Å². The number of hydrogen-bond acceptors (Lipinski definition) is 6. The maximum absolute atomic E-state index is 12.9. The lowest BCUT2D eigenvalue weighted by atomic mass is 9.95. The number of likely N-dealkylation sites (tertiary alicyclic amines) is 1. The van der Waals surface area contributed by atoms with E-state index < -0.39 is 17.7 Å². The van der Waals surface area contributed by atoms with Crippen LogP contribution >= 0.6 is 0 Å². The summed E-state index contributed by atoms with van der Waals surface area (Å²) in [5, 5.41) is 11.1. The van der Waals surface area contributed by atoms with Crippen molar-refractivity contribution in [2.45, 2.75) is 12.5 Å². The zero-order chi connectivity index (χ0) is 21.1. The predicted octanol–water partition coefficient (Wildman–Crippen LogP) is 2.92. The van der Waals surface area contributed by atoms with Crippen LogP contribution in [0.25, 0.3) is 5.76 Å². The molecule has 0 radical (unpaired) electrons. The summed E-state index contributed by atoms with van der Waals surface area (Å²) in [6.07, 6.45) is 0.580. The first kappa shape index (κ1) is 20.0. The molecule has 2 aliphatic rings. The van der Waals surface area contributed by atoms with Crippen molar-refractivity contribution in [2.24, 2.45) is 0 Å². The van der Waals surface area contributed by atoms with Gasteiger partial charge in [0.2, 0.25) is 0 Å². The average Bonchev–Trinajstić information content (AvgIpc) is 3.04. The van der Waals surface area contributed by atoms with Crippen molar-refractivity contribution in [3.05, 3.63) is 65.2 Å². The van der Waals surface area contributed by atoms with Crippen molar-refractivity contribution in [1.82, 2.24) is 4.90 Å². The van der Waals surface area contributed by atoms with E-state index in [2.05, 4.69) is 0 Å². The minimum Gasteiger partial charge on any atom is -0.507 e. The van der Waals surface area contributed by atoms with E-state index in [0.717, 1.165) is 5.56 Å². The Kier molecular flexibility index (Phi) is 5.72. The van der Waals surface area contributed by atoms with Crippen molar-refractivity contribution in [2.75, 3.05) is 33.5 Å². The highest BCUT2D eigenvalue weighted by molar-refractivity contribution is 6.46. The van der Waals surface area contributed by atoms with Crippen LogP contribution in [0.15, 0.2) is 54.1 Å². The molecule has 156 valence electrons. The van der Waals surface area contributed by atoms with Gasteiger partial charge in [0.15, 0.2) is 11.5 Å². The molecule has 0 spiro atoms. The van der Waals surface area contributed by atoms with Gasteiger partial charge in [0.05, 0.1) is 11.6 Å². The molecule has 2 aromatic rings. The molecule has 0 unspecified atom stereocenters. The van der Waals surface area contributed by atoms with Gasteiger partial charge in [0.1, 0.15) is 19.0 Å². The number of fused-ring (bicyclic) bond motifs is 1. The largest absolute Gasteiger partial charge is 0.507 e. The molecule has 1 atom stereocenters. The number of Topliss-reactive ketones (excluding diaryl/α,β-unsaturated/α-hetero) is 1. The topological polar surface area (TPSA) is 85.3 Å². The van der Waals surface area contributed by atoms with E-state index in [0.29, 0.717) is 49.8 Å². The third kappa shape index (κ3) is 3.64. The molecular formula is C23H23NO6. The summed E-state index contributed by atoms with van der Waals surface area (Å²) in [5.41, 5.74) is 1.23. The van der Waals surface area contributed by atoms with Crippen molar-refractivity contribution in [3.8, 4) is 11.5 Å². The number of carbonyl (C=O) groups excluding carboxylic acids is 2. The number of aliphatic hydroxyl groups excluding tert-OH is 1.